The summed E-state index contributed by atoms with van der Waals surface area (Å²) in [5.74, 6) is 0.118. The molecular weight excluding hydrogens is 362 g/mol. The third-order valence-corrected chi connectivity index (χ3v) is 8.20. The van der Waals surface area contributed by atoms with Gasteiger partial charge < -0.3 is 5.73 Å². The van der Waals surface area contributed by atoms with Gasteiger partial charge in [-0.25, -0.2) is 21.6 Å². The normalized spacial score (nSPS) is 24.2. The van der Waals surface area contributed by atoms with E-state index in [-0.39, 0.29) is 27.8 Å². The van der Waals surface area contributed by atoms with Gasteiger partial charge in [0.25, 0.3) is 0 Å². The molecule has 9 heteroatoms. The molecule has 2 atom stereocenters. The third kappa shape index (κ3) is 4.22. The van der Waals surface area contributed by atoms with Crippen molar-refractivity contribution in [2.24, 2.45) is 11.7 Å². The molecule has 2 aliphatic rings. The van der Waals surface area contributed by atoms with Crippen molar-refractivity contribution in [3.8, 4) is 0 Å². The summed E-state index contributed by atoms with van der Waals surface area (Å²) in [5, 5.41) is 0. The number of piperidine rings is 1. The Bertz CT molecular complexity index is 833. The molecule has 0 bridgehead atoms. The molecule has 1 aromatic carbocycles. The molecule has 25 heavy (non-hydrogen) atoms. The number of benzene rings is 1. The number of nitrogens with one attached hydrogen (secondary N) is 1. The van der Waals surface area contributed by atoms with Crippen molar-refractivity contribution in [2.45, 2.75) is 54.5 Å². The Hall–Kier alpha value is -1.00. The minimum absolute atomic E-state index is 0.0106. The summed E-state index contributed by atoms with van der Waals surface area (Å²) in [6.07, 6.45) is 3.31. The lowest BCUT2D eigenvalue weighted by Gasteiger charge is -2.33. The Morgan fingerprint density at radius 2 is 1.84 bits per heavy atom. The van der Waals surface area contributed by atoms with Crippen molar-refractivity contribution in [1.82, 2.24) is 9.03 Å². The van der Waals surface area contributed by atoms with Gasteiger partial charge in [-0.2, -0.15) is 4.31 Å². The molecule has 3 rings (SSSR count). The summed E-state index contributed by atoms with van der Waals surface area (Å²) in [6.45, 7) is 2.69. The summed E-state index contributed by atoms with van der Waals surface area (Å²) in [7, 11) is -7.43. The lowest BCUT2D eigenvalue weighted by Crippen LogP contribution is -2.45. The molecule has 1 saturated carbocycles. The highest BCUT2D eigenvalue weighted by atomic mass is 32.2. The van der Waals surface area contributed by atoms with E-state index < -0.39 is 20.0 Å². The third-order valence-electron chi connectivity index (χ3n) is 4.82. The summed E-state index contributed by atoms with van der Waals surface area (Å²) < 4.78 is 54.6. The van der Waals surface area contributed by atoms with Gasteiger partial charge in [-0.15, -0.1) is 0 Å². The van der Waals surface area contributed by atoms with Gasteiger partial charge in [0, 0.05) is 25.2 Å². The Morgan fingerprint density at radius 1 is 1.16 bits per heavy atom. The highest BCUT2D eigenvalue weighted by molar-refractivity contribution is 7.90. The summed E-state index contributed by atoms with van der Waals surface area (Å²) in [6, 6.07) is 5.48. The standard InChI is InChI=1S/C16H25N3O4S2/c1-12(17)13-4-3-9-19(11-13)25(22,23)16-6-2-5-15(10-16)24(20,21)18-14-7-8-14/h2,5-6,10,12-14,18H,3-4,7-9,11,17H2,1H3. The van der Waals surface area contributed by atoms with Crippen LogP contribution < -0.4 is 10.5 Å². The molecule has 2 fully saturated rings. The van der Waals surface area contributed by atoms with Crippen LogP contribution in [0.4, 0.5) is 0 Å². The van der Waals surface area contributed by atoms with E-state index in [2.05, 4.69) is 4.72 Å². The van der Waals surface area contributed by atoms with E-state index in [1.807, 2.05) is 6.92 Å². The second kappa shape index (κ2) is 6.96. The molecule has 0 spiro atoms. The van der Waals surface area contributed by atoms with Crippen LogP contribution in [0.25, 0.3) is 0 Å². The van der Waals surface area contributed by atoms with Gasteiger partial charge in [-0.05, 0) is 56.7 Å². The van der Waals surface area contributed by atoms with E-state index in [1.54, 1.807) is 0 Å². The molecule has 1 aliphatic heterocycles. The number of nitrogens with zero attached hydrogens (tertiary/aromatic N) is 1. The Labute approximate surface area is 149 Å². The number of hydrogen-bond acceptors (Lipinski definition) is 5. The van der Waals surface area contributed by atoms with Crippen LogP contribution >= 0.6 is 0 Å². The van der Waals surface area contributed by atoms with Crippen LogP contribution in [0.3, 0.4) is 0 Å². The van der Waals surface area contributed by atoms with E-state index in [9.17, 15) is 16.8 Å². The van der Waals surface area contributed by atoms with Crippen molar-refractivity contribution in [3.05, 3.63) is 24.3 Å². The van der Waals surface area contributed by atoms with Gasteiger partial charge in [-0.3, -0.25) is 0 Å². The highest BCUT2D eigenvalue weighted by Gasteiger charge is 2.33. The van der Waals surface area contributed by atoms with Gasteiger partial charge in [0.1, 0.15) is 0 Å². The van der Waals surface area contributed by atoms with E-state index in [0.29, 0.717) is 13.1 Å². The molecule has 1 aromatic rings. The average molecular weight is 388 g/mol. The molecule has 0 amide bonds. The molecule has 140 valence electrons. The largest absolute Gasteiger partial charge is 0.328 e. The summed E-state index contributed by atoms with van der Waals surface area (Å²) >= 11 is 0. The van der Waals surface area contributed by atoms with Crippen molar-refractivity contribution < 1.29 is 16.8 Å². The maximum Gasteiger partial charge on any atom is 0.243 e. The topological polar surface area (TPSA) is 110 Å². The number of rotatable bonds is 6. The lowest BCUT2D eigenvalue weighted by atomic mass is 9.93. The van der Waals surface area contributed by atoms with Gasteiger partial charge >= 0.3 is 0 Å². The first kappa shape index (κ1) is 18.8. The maximum atomic E-state index is 12.9. The lowest BCUT2D eigenvalue weighted by molar-refractivity contribution is 0.243. The minimum Gasteiger partial charge on any atom is -0.328 e. The predicted octanol–water partition coefficient (Wildman–Crippen LogP) is 0.875. The van der Waals surface area contributed by atoms with Crippen LogP contribution in [0.1, 0.15) is 32.6 Å². The molecular formula is C16H25N3O4S2. The molecule has 0 aromatic heterocycles. The molecule has 7 nitrogen and oxygen atoms in total. The fourth-order valence-electron chi connectivity index (χ4n) is 3.06. The first-order chi connectivity index (χ1) is 11.7. The fraction of sp³-hybridized carbons (Fsp3) is 0.625. The van der Waals surface area contributed by atoms with Gasteiger partial charge in [-0.1, -0.05) is 6.07 Å². The molecule has 2 unspecified atom stereocenters. The number of sulfonamides is 2. The van der Waals surface area contributed by atoms with Crippen LogP contribution in [0, 0.1) is 5.92 Å². The SMILES string of the molecule is CC(N)C1CCCN(S(=O)(=O)c2cccc(S(=O)(=O)NC3CC3)c2)C1. The average Bonchev–Trinajstić information content (AvgIpc) is 3.38. The predicted molar refractivity (Wildman–Crippen MR) is 94.9 cm³/mol. The second-order valence-electron chi connectivity index (χ2n) is 6.99. The van der Waals surface area contributed by atoms with E-state index in [1.165, 1.54) is 28.6 Å². The number of nitrogens with two attached hydrogens (primary N) is 1. The van der Waals surface area contributed by atoms with Crippen LogP contribution in [-0.4, -0.2) is 46.3 Å². The summed E-state index contributed by atoms with van der Waals surface area (Å²) in [4.78, 5) is -0.00211. The monoisotopic (exact) mass is 387 g/mol. The fourth-order valence-corrected chi connectivity index (χ4v) is 6.07. The zero-order valence-electron chi connectivity index (χ0n) is 14.3. The first-order valence-electron chi connectivity index (χ1n) is 8.58. The van der Waals surface area contributed by atoms with Crippen molar-refractivity contribution in [2.75, 3.05) is 13.1 Å². The van der Waals surface area contributed by atoms with Gasteiger partial charge in [0.05, 0.1) is 9.79 Å². The quantitative estimate of drug-likeness (QED) is 0.753. The van der Waals surface area contributed by atoms with Crippen molar-refractivity contribution >= 4 is 20.0 Å². The van der Waals surface area contributed by atoms with Gasteiger partial charge in [0.2, 0.25) is 20.0 Å². The van der Waals surface area contributed by atoms with Gasteiger partial charge in [0.15, 0.2) is 0 Å². The highest BCUT2D eigenvalue weighted by Crippen LogP contribution is 2.27. The Balaban J connectivity index is 1.86. The van der Waals surface area contributed by atoms with E-state index in [0.717, 1.165) is 25.7 Å². The maximum absolute atomic E-state index is 12.9. The van der Waals surface area contributed by atoms with Crippen LogP contribution in [0.15, 0.2) is 34.1 Å². The van der Waals surface area contributed by atoms with Crippen molar-refractivity contribution in [3.63, 3.8) is 0 Å². The minimum atomic E-state index is -3.74. The summed E-state index contributed by atoms with van der Waals surface area (Å²) in [5.41, 5.74) is 5.94. The molecule has 3 N–H and O–H groups in total. The molecule has 1 aliphatic carbocycles. The van der Waals surface area contributed by atoms with E-state index >= 15 is 0 Å². The van der Waals surface area contributed by atoms with E-state index in [4.69, 9.17) is 5.73 Å². The van der Waals surface area contributed by atoms with Crippen LogP contribution in [-0.2, 0) is 20.0 Å². The zero-order valence-corrected chi connectivity index (χ0v) is 15.9. The number of hydrogen-bond donors (Lipinski definition) is 2. The van der Waals surface area contributed by atoms with Crippen LogP contribution in [0.5, 0.6) is 0 Å². The smallest absolute Gasteiger partial charge is 0.243 e. The second-order valence-corrected chi connectivity index (χ2v) is 10.6. The van der Waals surface area contributed by atoms with Crippen LogP contribution in [0.2, 0.25) is 0 Å². The Kier molecular flexibility index (Phi) is 5.23. The van der Waals surface area contributed by atoms with Crippen molar-refractivity contribution in [1.29, 1.82) is 0 Å². The molecule has 1 saturated heterocycles. The first-order valence-corrected chi connectivity index (χ1v) is 11.5. The Morgan fingerprint density at radius 3 is 2.48 bits per heavy atom. The zero-order chi connectivity index (χ0) is 18.2. The molecule has 0 radical (unpaired) electrons. The molecule has 1 heterocycles.